The van der Waals surface area contributed by atoms with E-state index in [-0.39, 0.29) is 17.7 Å². The lowest BCUT2D eigenvalue weighted by atomic mass is 9.88. The summed E-state index contributed by atoms with van der Waals surface area (Å²) in [6, 6.07) is 18.5. The van der Waals surface area contributed by atoms with Crippen molar-refractivity contribution in [2.45, 2.75) is 24.7 Å². The molecule has 0 aliphatic carbocycles. The molecule has 1 aliphatic heterocycles. The van der Waals surface area contributed by atoms with E-state index < -0.39 is 0 Å². The highest BCUT2D eigenvalue weighted by molar-refractivity contribution is 5.84. The highest BCUT2D eigenvalue weighted by atomic mass is 16.5. The minimum Gasteiger partial charge on any atom is -0.361 e. The number of fused-ring (bicyclic) bond motifs is 1. The van der Waals surface area contributed by atoms with Crippen molar-refractivity contribution in [3.8, 4) is 0 Å². The molecule has 1 amide bonds. The number of hydrogen-bond donors (Lipinski definition) is 1. The first kappa shape index (κ1) is 17.7. The molecule has 2 aromatic heterocycles. The van der Waals surface area contributed by atoms with Gasteiger partial charge in [0.05, 0.1) is 0 Å². The Morgan fingerprint density at radius 3 is 2.69 bits per heavy atom. The third-order valence-electron chi connectivity index (χ3n) is 5.89. The molecular weight excluding hydrogens is 364 g/mol. The van der Waals surface area contributed by atoms with E-state index in [4.69, 9.17) is 4.52 Å². The van der Waals surface area contributed by atoms with Crippen molar-refractivity contribution in [3.63, 3.8) is 0 Å². The van der Waals surface area contributed by atoms with Gasteiger partial charge in [-0.05, 0) is 23.6 Å². The Balaban J connectivity index is 1.32. The van der Waals surface area contributed by atoms with Gasteiger partial charge in [0.15, 0.2) is 5.82 Å². The lowest BCUT2D eigenvalue weighted by Crippen LogP contribution is -2.29. The van der Waals surface area contributed by atoms with Gasteiger partial charge in [0.1, 0.15) is 0 Å². The van der Waals surface area contributed by atoms with Crippen LogP contribution in [-0.4, -0.2) is 39.0 Å². The molecule has 4 aromatic rings. The van der Waals surface area contributed by atoms with Crippen LogP contribution in [0.5, 0.6) is 0 Å². The second kappa shape index (κ2) is 7.54. The molecule has 2 aromatic carbocycles. The first-order valence-corrected chi connectivity index (χ1v) is 9.93. The zero-order valence-electron chi connectivity index (χ0n) is 16.0. The van der Waals surface area contributed by atoms with Gasteiger partial charge in [-0.25, -0.2) is 0 Å². The fraction of sp³-hybridized carbons (Fsp3) is 0.261. The summed E-state index contributed by atoms with van der Waals surface area (Å²) in [6.45, 7) is 1.29. The number of amides is 1. The van der Waals surface area contributed by atoms with Gasteiger partial charge in [0, 0.05) is 48.4 Å². The van der Waals surface area contributed by atoms with Crippen molar-refractivity contribution in [3.05, 3.63) is 84.1 Å². The molecule has 0 spiro atoms. The first-order valence-electron chi connectivity index (χ1n) is 9.93. The minimum atomic E-state index is 0.0492. The normalized spacial score (nSPS) is 19.1. The fourth-order valence-corrected chi connectivity index (χ4v) is 4.39. The maximum atomic E-state index is 13.0. The van der Waals surface area contributed by atoms with Crippen LogP contribution in [-0.2, 0) is 11.2 Å². The van der Waals surface area contributed by atoms with E-state index in [0.717, 1.165) is 11.9 Å². The number of H-pyrrole nitrogens is 1. The Labute approximate surface area is 168 Å². The minimum absolute atomic E-state index is 0.0492. The number of aromatic nitrogens is 3. The van der Waals surface area contributed by atoms with Crippen molar-refractivity contribution in [1.29, 1.82) is 0 Å². The summed E-state index contributed by atoms with van der Waals surface area (Å²) in [6.07, 6.45) is 4.58. The number of para-hydroxylation sites is 1. The van der Waals surface area contributed by atoms with Gasteiger partial charge in [0.25, 0.3) is 0 Å². The number of nitrogens with zero attached hydrogens (tertiary/aromatic N) is 3. The second-order valence-corrected chi connectivity index (χ2v) is 7.57. The number of aromatic amines is 1. The predicted octanol–water partition coefficient (Wildman–Crippen LogP) is 3.89. The summed E-state index contributed by atoms with van der Waals surface area (Å²) >= 11 is 0. The van der Waals surface area contributed by atoms with Gasteiger partial charge in [-0.3, -0.25) is 4.79 Å². The van der Waals surface area contributed by atoms with E-state index in [1.165, 1.54) is 22.9 Å². The molecule has 0 radical (unpaired) electrons. The lowest BCUT2D eigenvalue weighted by Gasteiger charge is -2.16. The van der Waals surface area contributed by atoms with Crippen LogP contribution in [0, 0.1) is 0 Å². The molecule has 1 aliphatic rings. The molecule has 1 saturated heterocycles. The number of rotatable bonds is 5. The topological polar surface area (TPSA) is 75.0 Å². The average molecular weight is 386 g/mol. The van der Waals surface area contributed by atoms with Crippen LogP contribution < -0.4 is 0 Å². The van der Waals surface area contributed by atoms with Crippen molar-refractivity contribution in [2.75, 3.05) is 13.1 Å². The summed E-state index contributed by atoms with van der Waals surface area (Å²) in [5.41, 5.74) is 3.49. The van der Waals surface area contributed by atoms with Crippen molar-refractivity contribution >= 4 is 16.8 Å². The van der Waals surface area contributed by atoms with Gasteiger partial charge >= 0.3 is 0 Å². The summed E-state index contributed by atoms with van der Waals surface area (Å²) in [7, 11) is 0. The predicted molar refractivity (Wildman–Crippen MR) is 109 cm³/mol. The summed E-state index contributed by atoms with van der Waals surface area (Å²) in [4.78, 5) is 22.5. The van der Waals surface area contributed by atoms with Gasteiger partial charge in [-0.15, -0.1) is 0 Å². The Morgan fingerprint density at radius 1 is 1.07 bits per heavy atom. The second-order valence-electron chi connectivity index (χ2n) is 7.57. The van der Waals surface area contributed by atoms with Crippen molar-refractivity contribution in [2.24, 2.45) is 0 Å². The maximum Gasteiger partial charge on any atom is 0.222 e. The van der Waals surface area contributed by atoms with E-state index in [1.807, 2.05) is 41.4 Å². The molecule has 0 saturated carbocycles. The van der Waals surface area contributed by atoms with E-state index in [0.29, 0.717) is 25.3 Å². The number of aryl methyl sites for hydroxylation is 1. The van der Waals surface area contributed by atoms with Gasteiger partial charge in [0.2, 0.25) is 12.3 Å². The Morgan fingerprint density at radius 2 is 1.86 bits per heavy atom. The fourth-order valence-electron chi connectivity index (χ4n) is 4.39. The maximum absolute atomic E-state index is 13.0. The van der Waals surface area contributed by atoms with Gasteiger partial charge in [-0.1, -0.05) is 53.7 Å². The number of likely N-dealkylation sites (tertiary alicyclic amines) is 1. The monoisotopic (exact) mass is 386 g/mol. The van der Waals surface area contributed by atoms with Gasteiger partial charge < -0.3 is 14.4 Å². The van der Waals surface area contributed by atoms with E-state index in [1.54, 1.807) is 0 Å². The molecule has 0 unspecified atom stereocenters. The number of hydrogen-bond acceptors (Lipinski definition) is 4. The molecule has 146 valence electrons. The molecule has 0 bridgehead atoms. The van der Waals surface area contributed by atoms with E-state index in [2.05, 4.69) is 39.4 Å². The lowest BCUT2D eigenvalue weighted by molar-refractivity contribution is -0.130. The van der Waals surface area contributed by atoms with Gasteiger partial charge in [-0.2, -0.15) is 4.98 Å². The molecule has 29 heavy (non-hydrogen) atoms. The van der Waals surface area contributed by atoms with Crippen molar-refractivity contribution < 1.29 is 9.32 Å². The van der Waals surface area contributed by atoms with Crippen LogP contribution in [0.25, 0.3) is 10.9 Å². The molecule has 6 nitrogen and oxygen atoms in total. The van der Waals surface area contributed by atoms with Crippen LogP contribution in [0.4, 0.5) is 0 Å². The summed E-state index contributed by atoms with van der Waals surface area (Å²) < 4.78 is 4.98. The largest absolute Gasteiger partial charge is 0.361 e. The van der Waals surface area contributed by atoms with Crippen molar-refractivity contribution in [1.82, 2.24) is 20.0 Å². The Bertz CT molecular complexity index is 1100. The number of carbonyl (C=O) groups is 1. The highest BCUT2D eigenvalue weighted by Gasteiger charge is 2.39. The Kier molecular flexibility index (Phi) is 4.60. The number of benzene rings is 2. The Hall–Kier alpha value is -3.41. The smallest absolute Gasteiger partial charge is 0.222 e. The van der Waals surface area contributed by atoms with E-state index in [9.17, 15) is 4.79 Å². The highest BCUT2D eigenvalue weighted by Crippen LogP contribution is 2.38. The molecule has 5 rings (SSSR count). The van der Waals surface area contributed by atoms with Crippen LogP contribution in [0.1, 0.15) is 35.2 Å². The van der Waals surface area contributed by atoms with E-state index >= 15 is 0 Å². The average Bonchev–Trinajstić information content (AvgIpc) is 3.52. The van der Waals surface area contributed by atoms with Crippen LogP contribution in [0.15, 0.2) is 71.7 Å². The quantitative estimate of drug-likeness (QED) is 0.565. The number of nitrogens with one attached hydrogen (secondary N) is 1. The molecule has 1 N–H and O–H groups in total. The third kappa shape index (κ3) is 3.42. The SMILES string of the molecule is O=C(CCc1c[nH]c2ccccc12)N1C[C@@H](c2ccccc2)[C@H](c2ncon2)C1. The standard InChI is InChI=1S/C23H22N4O2/c28-22(11-10-17-12-24-21-9-5-4-8-18(17)21)27-13-19(16-6-2-1-3-7-16)20(14-27)23-25-15-29-26-23/h1-9,12,15,19-20,24H,10-11,13-14H2/t19-,20+/m0/s1. The molecule has 3 heterocycles. The zero-order chi connectivity index (χ0) is 19.6. The zero-order valence-corrected chi connectivity index (χ0v) is 16.0. The van der Waals surface area contributed by atoms with Crippen LogP contribution >= 0.6 is 0 Å². The molecule has 2 atom stereocenters. The van der Waals surface area contributed by atoms with Crippen LogP contribution in [0.2, 0.25) is 0 Å². The van der Waals surface area contributed by atoms with Crippen LogP contribution in [0.3, 0.4) is 0 Å². The number of carbonyl (C=O) groups excluding carboxylic acids is 1. The first-order chi connectivity index (χ1) is 14.3. The molecular formula is C23H22N4O2. The summed E-state index contributed by atoms with van der Waals surface area (Å²) in [5, 5.41) is 5.25. The third-order valence-corrected chi connectivity index (χ3v) is 5.89. The molecule has 6 heteroatoms. The summed E-state index contributed by atoms with van der Waals surface area (Å²) in [5.74, 6) is 1.06. The molecule has 1 fully saturated rings.